The molecular weight excluding hydrogens is 500 g/mol. The summed E-state index contributed by atoms with van der Waals surface area (Å²) in [6.45, 7) is 1.82. The normalized spacial score (nSPS) is 13.6. The van der Waals surface area contributed by atoms with Crippen LogP contribution in [0.15, 0.2) is 78.9 Å². The molecule has 0 aliphatic heterocycles. The first-order chi connectivity index (χ1) is 18.9. The fourth-order valence-electron chi connectivity index (χ4n) is 4.53. The van der Waals surface area contributed by atoms with E-state index in [1.54, 1.807) is 6.92 Å². The van der Waals surface area contributed by atoms with E-state index in [0.29, 0.717) is 0 Å². The Morgan fingerprint density at radius 1 is 0.897 bits per heavy atom. The number of carboxylic acids is 1. The third-order valence-corrected chi connectivity index (χ3v) is 6.50. The highest BCUT2D eigenvalue weighted by molar-refractivity contribution is 5.84. The smallest absolute Gasteiger partial charge is 0.407 e. The first-order valence-corrected chi connectivity index (χ1v) is 12.8. The molecule has 3 aromatic rings. The lowest BCUT2D eigenvalue weighted by Gasteiger charge is -2.22. The van der Waals surface area contributed by atoms with Crippen molar-refractivity contribution in [2.75, 3.05) is 26.4 Å². The van der Waals surface area contributed by atoms with Gasteiger partial charge in [0.25, 0.3) is 0 Å². The number of fused-ring (bicyclic) bond motifs is 3. The fourth-order valence-corrected chi connectivity index (χ4v) is 4.53. The minimum Gasteiger partial charge on any atom is -0.480 e. The maximum Gasteiger partial charge on any atom is 0.407 e. The van der Waals surface area contributed by atoms with Crippen LogP contribution >= 0.6 is 0 Å². The van der Waals surface area contributed by atoms with Crippen molar-refractivity contribution in [3.05, 3.63) is 95.6 Å². The number of alkyl carbamates (subject to hydrolysis) is 1. The van der Waals surface area contributed by atoms with E-state index >= 15 is 0 Å². The molecule has 3 N–H and O–H groups in total. The Morgan fingerprint density at radius 3 is 2.15 bits per heavy atom. The molecule has 204 valence electrons. The van der Waals surface area contributed by atoms with E-state index in [1.807, 2.05) is 66.7 Å². The second-order valence-electron chi connectivity index (χ2n) is 9.19. The molecule has 0 radical (unpaired) electrons. The molecule has 0 saturated heterocycles. The van der Waals surface area contributed by atoms with Crippen molar-refractivity contribution in [2.45, 2.75) is 31.6 Å². The summed E-state index contributed by atoms with van der Waals surface area (Å²) in [6, 6.07) is 24.3. The summed E-state index contributed by atoms with van der Waals surface area (Å²) in [7, 11) is 0. The molecule has 0 saturated carbocycles. The van der Waals surface area contributed by atoms with Gasteiger partial charge < -0.3 is 30.0 Å². The standard InChI is InChI=1S/C30H32N2O7/c1-20(38-17-21-9-3-2-4-10-21)28(29(34)35)32-27(33)19-37-16-15-31-30(36)39-18-26-24-13-7-5-11-22(24)23-12-6-8-14-25(23)26/h2-14,20,26,28H,15-19H2,1H3,(H,31,36)(H,32,33)(H,34,35)/t20-,28+/m0/s1. The molecule has 3 aromatic carbocycles. The van der Waals surface area contributed by atoms with E-state index in [4.69, 9.17) is 14.2 Å². The van der Waals surface area contributed by atoms with Gasteiger partial charge >= 0.3 is 12.1 Å². The van der Waals surface area contributed by atoms with Crippen molar-refractivity contribution in [1.82, 2.24) is 10.6 Å². The van der Waals surface area contributed by atoms with E-state index in [2.05, 4.69) is 22.8 Å². The summed E-state index contributed by atoms with van der Waals surface area (Å²) < 4.78 is 16.4. The van der Waals surface area contributed by atoms with Crippen molar-refractivity contribution >= 4 is 18.0 Å². The molecule has 4 rings (SSSR count). The van der Waals surface area contributed by atoms with Crippen molar-refractivity contribution in [3.8, 4) is 11.1 Å². The van der Waals surface area contributed by atoms with Crippen LogP contribution in [0.2, 0.25) is 0 Å². The third kappa shape index (κ3) is 7.43. The number of rotatable bonds is 13. The number of carboxylic acid groups (broad SMARTS) is 1. The summed E-state index contributed by atoms with van der Waals surface area (Å²) in [5, 5.41) is 14.5. The largest absolute Gasteiger partial charge is 0.480 e. The van der Waals surface area contributed by atoms with Gasteiger partial charge in [0.05, 0.1) is 19.3 Å². The molecule has 39 heavy (non-hydrogen) atoms. The van der Waals surface area contributed by atoms with Crippen molar-refractivity contribution in [3.63, 3.8) is 0 Å². The molecular formula is C30H32N2O7. The zero-order chi connectivity index (χ0) is 27.6. The highest BCUT2D eigenvalue weighted by Crippen LogP contribution is 2.44. The Labute approximate surface area is 227 Å². The van der Waals surface area contributed by atoms with Gasteiger partial charge in [-0.25, -0.2) is 9.59 Å². The lowest BCUT2D eigenvalue weighted by Crippen LogP contribution is -2.49. The molecule has 0 aromatic heterocycles. The number of hydrogen-bond donors (Lipinski definition) is 3. The summed E-state index contributed by atoms with van der Waals surface area (Å²) in [5.74, 6) is -1.84. The molecule has 2 atom stereocenters. The number of amides is 2. The van der Waals surface area contributed by atoms with Crippen LogP contribution in [0.3, 0.4) is 0 Å². The topological polar surface area (TPSA) is 123 Å². The maximum absolute atomic E-state index is 12.2. The first kappa shape index (κ1) is 27.8. The summed E-state index contributed by atoms with van der Waals surface area (Å²) in [5.41, 5.74) is 5.44. The average Bonchev–Trinajstić information content (AvgIpc) is 3.27. The van der Waals surface area contributed by atoms with Crippen LogP contribution in [-0.2, 0) is 30.4 Å². The molecule has 0 fully saturated rings. The van der Waals surface area contributed by atoms with E-state index in [9.17, 15) is 19.5 Å². The van der Waals surface area contributed by atoms with Gasteiger partial charge in [-0.15, -0.1) is 0 Å². The second-order valence-corrected chi connectivity index (χ2v) is 9.19. The fraction of sp³-hybridized carbons (Fsp3) is 0.300. The van der Waals surface area contributed by atoms with Gasteiger partial charge in [-0.1, -0.05) is 78.9 Å². The number of ether oxygens (including phenoxy) is 3. The predicted molar refractivity (Wildman–Crippen MR) is 144 cm³/mol. The SMILES string of the molecule is C[C@H](OCc1ccccc1)[C@@H](NC(=O)COCCNC(=O)OCC1c2ccccc2-c2ccccc21)C(=O)O. The van der Waals surface area contributed by atoms with E-state index in [1.165, 1.54) is 0 Å². The Morgan fingerprint density at radius 2 is 1.51 bits per heavy atom. The molecule has 0 bridgehead atoms. The van der Waals surface area contributed by atoms with Crippen LogP contribution in [0.1, 0.15) is 29.5 Å². The Hall–Kier alpha value is -4.21. The number of carbonyl (C=O) groups excluding carboxylic acids is 2. The lowest BCUT2D eigenvalue weighted by molar-refractivity contribution is -0.147. The van der Waals surface area contributed by atoms with E-state index in [-0.39, 0.29) is 38.9 Å². The average molecular weight is 533 g/mol. The van der Waals surface area contributed by atoms with E-state index in [0.717, 1.165) is 27.8 Å². The molecule has 0 heterocycles. The molecule has 9 heteroatoms. The van der Waals surface area contributed by atoms with Gasteiger partial charge in [-0.2, -0.15) is 0 Å². The monoisotopic (exact) mass is 532 g/mol. The summed E-state index contributed by atoms with van der Waals surface area (Å²) in [6.07, 6.45) is -1.35. The highest BCUT2D eigenvalue weighted by Gasteiger charge is 2.29. The Balaban J connectivity index is 1.14. The number of hydrogen-bond acceptors (Lipinski definition) is 6. The zero-order valence-electron chi connectivity index (χ0n) is 21.7. The van der Waals surface area contributed by atoms with Crippen molar-refractivity contribution < 1.29 is 33.7 Å². The number of nitrogens with one attached hydrogen (secondary N) is 2. The molecule has 0 spiro atoms. The van der Waals surface area contributed by atoms with Crippen molar-refractivity contribution in [1.29, 1.82) is 0 Å². The van der Waals surface area contributed by atoms with Crippen LogP contribution in [0.4, 0.5) is 4.79 Å². The van der Waals surface area contributed by atoms with Gasteiger partial charge in [-0.3, -0.25) is 4.79 Å². The van der Waals surface area contributed by atoms with Gasteiger partial charge in [0, 0.05) is 12.5 Å². The number of carbonyl (C=O) groups is 3. The Kier molecular flexibility index (Phi) is 9.66. The van der Waals surface area contributed by atoms with Crippen LogP contribution in [0.5, 0.6) is 0 Å². The molecule has 2 amide bonds. The summed E-state index contributed by atoms with van der Waals surface area (Å²) >= 11 is 0. The third-order valence-electron chi connectivity index (χ3n) is 6.50. The molecule has 1 aliphatic carbocycles. The Bertz CT molecular complexity index is 1240. The zero-order valence-corrected chi connectivity index (χ0v) is 21.7. The quantitative estimate of drug-likeness (QED) is 0.287. The van der Waals surface area contributed by atoms with Crippen LogP contribution < -0.4 is 10.6 Å². The van der Waals surface area contributed by atoms with Crippen LogP contribution in [0.25, 0.3) is 11.1 Å². The lowest BCUT2D eigenvalue weighted by atomic mass is 9.98. The van der Waals surface area contributed by atoms with Crippen LogP contribution in [-0.4, -0.2) is 61.6 Å². The number of aliphatic carboxylic acids is 1. The van der Waals surface area contributed by atoms with E-state index < -0.39 is 30.1 Å². The maximum atomic E-state index is 12.2. The molecule has 1 aliphatic rings. The molecule has 9 nitrogen and oxygen atoms in total. The summed E-state index contributed by atoms with van der Waals surface area (Å²) in [4.78, 5) is 36.1. The van der Waals surface area contributed by atoms with Gasteiger partial charge in [-0.05, 0) is 34.7 Å². The predicted octanol–water partition coefficient (Wildman–Crippen LogP) is 3.72. The first-order valence-electron chi connectivity index (χ1n) is 12.8. The molecule has 0 unspecified atom stereocenters. The van der Waals surface area contributed by atoms with Gasteiger partial charge in [0.15, 0.2) is 6.04 Å². The van der Waals surface area contributed by atoms with Crippen LogP contribution in [0, 0.1) is 0 Å². The second kappa shape index (κ2) is 13.5. The van der Waals surface area contributed by atoms with Gasteiger partial charge in [0.1, 0.15) is 13.2 Å². The minimum atomic E-state index is -1.23. The van der Waals surface area contributed by atoms with Gasteiger partial charge in [0.2, 0.25) is 5.91 Å². The van der Waals surface area contributed by atoms with Crippen molar-refractivity contribution in [2.24, 2.45) is 0 Å². The number of benzene rings is 3. The highest BCUT2D eigenvalue weighted by atomic mass is 16.5. The minimum absolute atomic E-state index is 0.0376.